The van der Waals surface area contributed by atoms with E-state index in [4.69, 9.17) is 3.63 Å². The SMILES string of the molecule is Cc1ccc(S(=O)(=O)OS(CCO)(CCO)CC(=O)c2ccc(C3CCCCC3)cc2)cc1. The van der Waals surface area contributed by atoms with Crippen molar-refractivity contribution in [1.82, 2.24) is 0 Å². The van der Waals surface area contributed by atoms with E-state index in [2.05, 4.69) is 0 Å². The molecule has 1 aliphatic rings. The third kappa shape index (κ3) is 6.90. The van der Waals surface area contributed by atoms with Crippen LogP contribution in [0.4, 0.5) is 0 Å². The van der Waals surface area contributed by atoms with Crippen LogP contribution in [0, 0.1) is 6.92 Å². The molecule has 0 spiro atoms. The zero-order chi connectivity index (χ0) is 23.9. The Labute approximate surface area is 198 Å². The van der Waals surface area contributed by atoms with Crippen molar-refractivity contribution in [1.29, 1.82) is 0 Å². The second-order valence-electron chi connectivity index (χ2n) is 8.68. The predicted molar refractivity (Wildman–Crippen MR) is 132 cm³/mol. The van der Waals surface area contributed by atoms with Gasteiger partial charge in [-0.15, -0.1) is 10.3 Å². The molecule has 3 rings (SSSR count). The van der Waals surface area contributed by atoms with Crippen LogP contribution in [0.15, 0.2) is 53.4 Å². The number of ketones is 1. The van der Waals surface area contributed by atoms with Gasteiger partial charge in [0.1, 0.15) is 0 Å². The fourth-order valence-electron chi connectivity index (χ4n) is 4.30. The standard InChI is InChI=1S/C25H34O6S2/c1-20-7-13-24(14-8-20)33(29,30)31-32(17-15-26,18-16-27)19-25(28)23-11-9-22(10-12-23)21-5-3-2-4-6-21/h7-14,21,26-27H,2-6,15-19H2,1H3. The van der Waals surface area contributed by atoms with E-state index in [1.807, 2.05) is 19.1 Å². The van der Waals surface area contributed by atoms with Gasteiger partial charge in [-0.2, -0.15) is 8.42 Å². The van der Waals surface area contributed by atoms with Gasteiger partial charge in [-0.3, -0.25) is 4.79 Å². The highest BCUT2D eigenvalue weighted by molar-refractivity contribution is 8.33. The number of carbonyl (C=O) groups is 1. The molecule has 182 valence electrons. The summed E-state index contributed by atoms with van der Waals surface area (Å²) >= 11 is 0. The highest BCUT2D eigenvalue weighted by Crippen LogP contribution is 2.51. The first-order valence-electron chi connectivity index (χ1n) is 11.4. The Hall–Kier alpha value is -1.71. The van der Waals surface area contributed by atoms with Gasteiger partial charge in [0.2, 0.25) is 0 Å². The smallest absolute Gasteiger partial charge is 0.306 e. The largest absolute Gasteiger partial charge is 0.395 e. The van der Waals surface area contributed by atoms with E-state index < -0.39 is 20.4 Å². The highest BCUT2D eigenvalue weighted by atomic mass is 32.3. The van der Waals surface area contributed by atoms with E-state index in [9.17, 15) is 23.4 Å². The van der Waals surface area contributed by atoms with Crippen molar-refractivity contribution >= 4 is 26.2 Å². The summed E-state index contributed by atoms with van der Waals surface area (Å²) < 4.78 is 31.6. The molecule has 33 heavy (non-hydrogen) atoms. The maximum Gasteiger partial charge on any atom is 0.306 e. The van der Waals surface area contributed by atoms with Crippen LogP contribution >= 0.6 is 10.3 Å². The molecule has 0 aliphatic heterocycles. The molecular formula is C25H34O6S2. The van der Waals surface area contributed by atoms with Crippen LogP contribution in [-0.4, -0.2) is 54.9 Å². The van der Waals surface area contributed by atoms with Crippen LogP contribution in [0.5, 0.6) is 0 Å². The molecule has 1 saturated carbocycles. The zero-order valence-corrected chi connectivity index (χ0v) is 20.7. The maximum atomic E-state index is 13.1. The average Bonchev–Trinajstić information content (AvgIpc) is 2.80. The van der Waals surface area contributed by atoms with Gasteiger partial charge in [0, 0.05) is 17.1 Å². The minimum atomic E-state index is -4.17. The van der Waals surface area contributed by atoms with Crippen LogP contribution in [0.3, 0.4) is 0 Å². The maximum absolute atomic E-state index is 13.1. The minimum absolute atomic E-state index is 0.00913. The van der Waals surface area contributed by atoms with Crippen LogP contribution < -0.4 is 0 Å². The molecule has 2 aromatic carbocycles. The number of rotatable bonds is 11. The summed E-state index contributed by atoms with van der Waals surface area (Å²) in [6, 6.07) is 13.8. The molecule has 2 aromatic rings. The van der Waals surface area contributed by atoms with E-state index in [0.29, 0.717) is 11.5 Å². The van der Waals surface area contributed by atoms with Crippen molar-refractivity contribution in [2.45, 2.75) is 49.8 Å². The summed E-state index contributed by atoms with van der Waals surface area (Å²) in [5.41, 5.74) is 2.62. The zero-order valence-electron chi connectivity index (χ0n) is 19.1. The number of benzene rings is 2. The van der Waals surface area contributed by atoms with Crippen LogP contribution in [0.2, 0.25) is 0 Å². The molecule has 2 N–H and O–H groups in total. The Morgan fingerprint density at radius 3 is 2.03 bits per heavy atom. The monoisotopic (exact) mass is 494 g/mol. The van der Waals surface area contributed by atoms with Gasteiger partial charge in [-0.05, 0) is 43.4 Å². The van der Waals surface area contributed by atoms with Crippen LogP contribution in [0.1, 0.15) is 59.5 Å². The van der Waals surface area contributed by atoms with E-state index in [1.54, 1.807) is 24.3 Å². The quantitative estimate of drug-likeness (QED) is 0.451. The molecule has 1 aliphatic carbocycles. The molecule has 6 nitrogen and oxygen atoms in total. The van der Waals surface area contributed by atoms with Crippen molar-refractivity contribution in [2.24, 2.45) is 0 Å². The number of hydrogen-bond acceptors (Lipinski definition) is 6. The summed E-state index contributed by atoms with van der Waals surface area (Å²) in [6.07, 6.45) is 6.06. The molecule has 0 saturated heterocycles. The number of aliphatic hydroxyl groups excluding tert-OH is 2. The Kier molecular flexibility index (Phi) is 9.12. The average molecular weight is 495 g/mol. The molecular weight excluding hydrogens is 460 g/mol. The number of hydrogen-bond donors (Lipinski definition) is 2. The Morgan fingerprint density at radius 2 is 1.48 bits per heavy atom. The third-order valence-electron chi connectivity index (χ3n) is 6.17. The molecule has 0 atom stereocenters. The van der Waals surface area contributed by atoms with Crippen molar-refractivity contribution in [3.63, 3.8) is 0 Å². The molecule has 0 amide bonds. The fraction of sp³-hybridized carbons (Fsp3) is 0.480. The highest BCUT2D eigenvalue weighted by Gasteiger charge is 2.34. The van der Waals surface area contributed by atoms with Gasteiger partial charge in [-0.25, -0.2) is 3.63 Å². The number of Topliss-reactive ketones (excluding diaryl/α,β-unsaturated/α-hetero) is 1. The van der Waals surface area contributed by atoms with Gasteiger partial charge in [0.25, 0.3) is 0 Å². The van der Waals surface area contributed by atoms with Crippen molar-refractivity contribution in [3.05, 3.63) is 65.2 Å². The Morgan fingerprint density at radius 1 is 0.909 bits per heavy atom. The second-order valence-corrected chi connectivity index (χ2v) is 13.6. The molecule has 0 aromatic heterocycles. The van der Waals surface area contributed by atoms with Crippen molar-refractivity contribution < 1.29 is 27.1 Å². The van der Waals surface area contributed by atoms with E-state index in [0.717, 1.165) is 18.4 Å². The first kappa shape index (κ1) is 25.9. The van der Waals surface area contributed by atoms with Crippen LogP contribution in [-0.2, 0) is 13.7 Å². The molecule has 0 heterocycles. The van der Waals surface area contributed by atoms with Gasteiger partial charge in [0.05, 0.1) is 23.9 Å². The lowest BCUT2D eigenvalue weighted by atomic mass is 9.84. The molecule has 0 radical (unpaired) electrons. The molecule has 0 bridgehead atoms. The van der Waals surface area contributed by atoms with Crippen molar-refractivity contribution in [3.8, 4) is 0 Å². The normalized spacial score (nSPS) is 16.0. The lowest BCUT2D eigenvalue weighted by Crippen LogP contribution is -2.27. The summed E-state index contributed by atoms with van der Waals surface area (Å²) in [6.45, 7) is 1.17. The lowest BCUT2D eigenvalue weighted by molar-refractivity contribution is 0.102. The first-order valence-corrected chi connectivity index (χ1v) is 14.9. The third-order valence-corrected chi connectivity index (χ3v) is 11.5. The number of aryl methyl sites for hydroxylation is 1. The first-order chi connectivity index (χ1) is 15.8. The van der Waals surface area contributed by atoms with Gasteiger partial charge in [-0.1, -0.05) is 61.2 Å². The minimum Gasteiger partial charge on any atom is -0.395 e. The molecule has 8 heteroatoms. The summed E-state index contributed by atoms with van der Waals surface area (Å²) in [5, 5.41) is 19.3. The van der Waals surface area contributed by atoms with Crippen molar-refractivity contribution in [2.75, 3.05) is 30.5 Å². The number of carbonyl (C=O) groups excluding carboxylic acids is 1. The summed E-state index contributed by atoms with van der Waals surface area (Å²) in [7, 11) is -6.79. The lowest BCUT2D eigenvalue weighted by Gasteiger charge is -2.37. The van der Waals surface area contributed by atoms with E-state index in [1.165, 1.54) is 37.0 Å². The second kappa shape index (κ2) is 11.6. The Bertz CT molecular complexity index is 1000. The topological polar surface area (TPSA) is 101 Å². The van der Waals surface area contributed by atoms with Gasteiger partial charge < -0.3 is 10.2 Å². The fourth-order valence-corrected chi connectivity index (χ4v) is 9.15. The van der Waals surface area contributed by atoms with Gasteiger partial charge in [0.15, 0.2) is 5.78 Å². The van der Waals surface area contributed by atoms with E-state index in [-0.39, 0.29) is 41.2 Å². The summed E-state index contributed by atoms with van der Waals surface area (Å²) in [4.78, 5) is 13.1. The Balaban J connectivity index is 1.81. The predicted octanol–water partition coefficient (Wildman–Crippen LogP) is 4.34. The summed E-state index contributed by atoms with van der Waals surface area (Å²) in [5.74, 6) is 0.0810. The van der Waals surface area contributed by atoms with Gasteiger partial charge >= 0.3 is 10.1 Å². The number of aliphatic hydroxyl groups is 2. The molecule has 0 unspecified atom stereocenters. The van der Waals surface area contributed by atoms with Crippen LogP contribution in [0.25, 0.3) is 0 Å². The van der Waals surface area contributed by atoms with E-state index >= 15 is 0 Å². The molecule has 1 fully saturated rings.